The predicted octanol–water partition coefficient (Wildman–Crippen LogP) is 4.52. The minimum absolute atomic E-state index is 0.321. The van der Waals surface area contributed by atoms with E-state index < -0.39 is 0 Å². The Morgan fingerprint density at radius 2 is 1.44 bits per heavy atom. The van der Waals surface area contributed by atoms with Crippen LogP contribution in [0.4, 0.5) is 8.78 Å². The number of benzene rings is 2. The lowest BCUT2D eigenvalue weighted by molar-refractivity contribution is 0.0974. The van der Waals surface area contributed by atoms with Gasteiger partial charge in [0.2, 0.25) is 4.77 Å². The second-order valence-corrected chi connectivity index (χ2v) is 8.65. The minimum Gasteiger partial charge on any atom is -0.295 e. The van der Waals surface area contributed by atoms with Gasteiger partial charge in [-0.15, -0.1) is 5.10 Å². The molecular formula is C25H24F2N6S. The molecule has 0 spiro atoms. The molecule has 0 radical (unpaired) electrons. The van der Waals surface area contributed by atoms with E-state index in [1.54, 1.807) is 33.5 Å². The van der Waals surface area contributed by atoms with Crippen LogP contribution in [0, 0.1) is 16.4 Å². The van der Waals surface area contributed by atoms with Crippen molar-refractivity contribution in [3.8, 4) is 17.1 Å². The van der Waals surface area contributed by atoms with Gasteiger partial charge in [0.15, 0.2) is 5.82 Å². The van der Waals surface area contributed by atoms with Gasteiger partial charge < -0.3 is 0 Å². The molecule has 0 saturated carbocycles. The van der Waals surface area contributed by atoms with Gasteiger partial charge in [0.1, 0.15) is 11.6 Å². The molecule has 0 unspecified atom stereocenters. The zero-order chi connectivity index (χ0) is 23.5. The van der Waals surface area contributed by atoms with Crippen molar-refractivity contribution in [1.82, 2.24) is 29.1 Å². The second kappa shape index (κ2) is 9.92. The molecule has 1 aliphatic heterocycles. The molecule has 174 valence electrons. The normalized spacial score (nSPS) is 15.0. The first-order valence-electron chi connectivity index (χ1n) is 11.1. The van der Waals surface area contributed by atoms with Gasteiger partial charge in [-0.1, -0.05) is 6.07 Å². The first-order valence-corrected chi connectivity index (χ1v) is 11.5. The summed E-state index contributed by atoms with van der Waals surface area (Å²) in [6.07, 6.45) is 1.82. The van der Waals surface area contributed by atoms with E-state index in [1.807, 2.05) is 24.4 Å². The lowest BCUT2D eigenvalue weighted by Crippen LogP contribution is -2.46. The second-order valence-electron chi connectivity index (χ2n) is 8.28. The van der Waals surface area contributed by atoms with E-state index in [9.17, 15) is 8.78 Å². The Bertz CT molecular complexity index is 1290. The van der Waals surface area contributed by atoms with Crippen molar-refractivity contribution >= 4 is 12.2 Å². The van der Waals surface area contributed by atoms with Crippen molar-refractivity contribution in [2.24, 2.45) is 0 Å². The third-order valence-electron chi connectivity index (χ3n) is 5.94. The van der Waals surface area contributed by atoms with Gasteiger partial charge in [0.05, 0.1) is 18.1 Å². The molecule has 0 aliphatic carbocycles. The minimum atomic E-state index is -0.324. The highest BCUT2D eigenvalue weighted by atomic mass is 32.1. The average molecular weight is 479 g/mol. The highest BCUT2D eigenvalue weighted by Crippen LogP contribution is 2.24. The van der Waals surface area contributed by atoms with E-state index in [0.29, 0.717) is 23.0 Å². The van der Waals surface area contributed by atoms with Gasteiger partial charge in [0.25, 0.3) is 0 Å². The van der Waals surface area contributed by atoms with Crippen molar-refractivity contribution in [3.05, 3.63) is 95.0 Å². The fraction of sp³-hybridized carbons (Fsp3) is 0.240. The van der Waals surface area contributed by atoms with Crippen LogP contribution in [0.15, 0.2) is 72.9 Å². The molecule has 9 heteroatoms. The Kier molecular flexibility index (Phi) is 6.57. The van der Waals surface area contributed by atoms with E-state index >= 15 is 0 Å². The summed E-state index contributed by atoms with van der Waals surface area (Å²) in [5, 5.41) is 4.78. The van der Waals surface area contributed by atoms with Gasteiger partial charge in [-0.3, -0.25) is 19.4 Å². The lowest BCUT2D eigenvalue weighted by atomic mass is 10.2. The van der Waals surface area contributed by atoms with Gasteiger partial charge in [0, 0.05) is 44.5 Å². The summed E-state index contributed by atoms with van der Waals surface area (Å²) in [6.45, 7) is 4.98. The lowest BCUT2D eigenvalue weighted by Gasteiger charge is -2.34. The molecule has 1 saturated heterocycles. The van der Waals surface area contributed by atoms with Crippen LogP contribution in [0.1, 0.15) is 5.69 Å². The third kappa shape index (κ3) is 4.96. The standard InChI is InChI=1S/C25H24F2N6S/c26-20-6-4-19(5-7-20)24-29-32(25(34)33(24)23-10-8-21(27)9-11-23)18-31-15-13-30(14-16-31)17-22-3-1-2-12-28-22/h1-12H,13-18H2. The zero-order valence-corrected chi connectivity index (χ0v) is 19.3. The molecule has 3 heterocycles. The maximum Gasteiger partial charge on any atom is 0.204 e. The summed E-state index contributed by atoms with van der Waals surface area (Å²) in [6, 6.07) is 18.2. The van der Waals surface area contributed by atoms with E-state index in [2.05, 4.69) is 14.8 Å². The maximum absolute atomic E-state index is 13.5. The third-order valence-corrected chi connectivity index (χ3v) is 6.33. The van der Waals surface area contributed by atoms with Gasteiger partial charge >= 0.3 is 0 Å². The maximum atomic E-state index is 13.5. The summed E-state index contributed by atoms with van der Waals surface area (Å²) in [4.78, 5) is 9.11. The van der Waals surface area contributed by atoms with Crippen molar-refractivity contribution in [3.63, 3.8) is 0 Å². The molecule has 0 amide bonds. The summed E-state index contributed by atoms with van der Waals surface area (Å²) in [5.41, 5.74) is 2.51. The molecule has 1 aliphatic rings. The fourth-order valence-electron chi connectivity index (χ4n) is 4.11. The number of pyridine rings is 1. The molecule has 2 aromatic heterocycles. The van der Waals surface area contributed by atoms with Crippen molar-refractivity contribution in [2.45, 2.75) is 13.2 Å². The van der Waals surface area contributed by atoms with Gasteiger partial charge in [-0.2, -0.15) is 0 Å². The Morgan fingerprint density at radius 3 is 2.09 bits per heavy atom. The first kappa shape index (κ1) is 22.5. The number of hydrogen-bond acceptors (Lipinski definition) is 5. The van der Waals surface area contributed by atoms with E-state index in [1.165, 1.54) is 24.3 Å². The van der Waals surface area contributed by atoms with Gasteiger partial charge in [-0.05, 0) is 72.9 Å². The van der Waals surface area contributed by atoms with Crippen molar-refractivity contribution in [1.29, 1.82) is 0 Å². The molecule has 1 fully saturated rings. The summed E-state index contributed by atoms with van der Waals surface area (Å²) in [5.74, 6) is -0.0568. The van der Waals surface area contributed by atoms with Crippen LogP contribution in [-0.4, -0.2) is 55.3 Å². The molecule has 5 rings (SSSR count). The van der Waals surface area contributed by atoms with Crippen LogP contribution >= 0.6 is 12.2 Å². The number of halogens is 2. The highest BCUT2D eigenvalue weighted by Gasteiger charge is 2.20. The molecule has 0 atom stereocenters. The molecule has 0 bridgehead atoms. The predicted molar refractivity (Wildman–Crippen MR) is 129 cm³/mol. The Hall–Kier alpha value is -3.27. The van der Waals surface area contributed by atoms with Crippen LogP contribution in [0.3, 0.4) is 0 Å². The SMILES string of the molecule is Fc1ccc(-c2nn(CN3CCN(Cc4ccccn4)CC3)c(=S)n2-c2ccc(F)cc2)cc1. The Morgan fingerprint density at radius 1 is 0.794 bits per heavy atom. The smallest absolute Gasteiger partial charge is 0.204 e. The van der Waals surface area contributed by atoms with Gasteiger partial charge in [-0.25, -0.2) is 13.5 Å². The van der Waals surface area contributed by atoms with E-state index in [4.69, 9.17) is 17.3 Å². The Labute approximate surface area is 201 Å². The molecular weight excluding hydrogens is 454 g/mol. The Balaban J connectivity index is 1.37. The molecule has 6 nitrogen and oxygen atoms in total. The van der Waals surface area contributed by atoms with Crippen molar-refractivity contribution < 1.29 is 8.78 Å². The zero-order valence-electron chi connectivity index (χ0n) is 18.5. The van der Waals surface area contributed by atoms with Crippen LogP contribution in [0.2, 0.25) is 0 Å². The van der Waals surface area contributed by atoms with Crippen LogP contribution in [0.5, 0.6) is 0 Å². The van der Waals surface area contributed by atoms with Crippen LogP contribution in [0.25, 0.3) is 17.1 Å². The van der Waals surface area contributed by atoms with Crippen LogP contribution in [-0.2, 0) is 13.2 Å². The number of hydrogen-bond donors (Lipinski definition) is 0. The molecule has 34 heavy (non-hydrogen) atoms. The number of rotatable bonds is 6. The molecule has 2 aromatic carbocycles. The summed E-state index contributed by atoms with van der Waals surface area (Å²) >= 11 is 5.78. The first-order chi connectivity index (χ1) is 16.6. The monoisotopic (exact) mass is 478 g/mol. The highest BCUT2D eigenvalue weighted by molar-refractivity contribution is 7.71. The molecule has 4 aromatic rings. The largest absolute Gasteiger partial charge is 0.295 e. The van der Waals surface area contributed by atoms with Crippen LogP contribution < -0.4 is 0 Å². The summed E-state index contributed by atoms with van der Waals surface area (Å²) < 4.78 is 31.2. The molecule has 0 N–H and O–H groups in total. The number of piperazine rings is 1. The van der Waals surface area contributed by atoms with E-state index in [0.717, 1.165) is 44.0 Å². The van der Waals surface area contributed by atoms with E-state index in [-0.39, 0.29) is 11.6 Å². The quantitative estimate of drug-likeness (QED) is 0.381. The average Bonchev–Trinajstić information content (AvgIpc) is 3.18. The summed E-state index contributed by atoms with van der Waals surface area (Å²) in [7, 11) is 0. The topological polar surface area (TPSA) is 42.1 Å². The number of nitrogens with zero attached hydrogens (tertiary/aromatic N) is 6. The van der Waals surface area contributed by atoms with Crippen molar-refractivity contribution in [2.75, 3.05) is 26.2 Å². The fourth-order valence-corrected chi connectivity index (χ4v) is 4.40. The number of aromatic nitrogens is 4.